The van der Waals surface area contributed by atoms with E-state index in [0.29, 0.717) is 5.69 Å². The zero-order valence-corrected chi connectivity index (χ0v) is 9.62. The Bertz CT molecular complexity index is 452. The Morgan fingerprint density at radius 3 is 2.59 bits per heavy atom. The molecule has 0 N–H and O–H groups in total. The molecule has 0 saturated carbocycles. The van der Waals surface area contributed by atoms with Crippen LogP contribution in [-0.4, -0.2) is 6.04 Å². The van der Waals surface area contributed by atoms with E-state index in [1.165, 1.54) is 6.07 Å². The number of hydrogen-bond acceptors (Lipinski definition) is 2. The minimum absolute atomic E-state index is 0.0687. The zero-order valence-electron chi connectivity index (χ0n) is 9.62. The lowest BCUT2D eigenvalue weighted by molar-refractivity contribution is -0.137. The van der Waals surface area contributed by atoms with Gasteiger partial charge >= 0.3 is 6.18 Å². The molecule has 0 aliphatic carbocycles. The second-order valence-electron chi connectivity index (χ2n) is 4.25. The van der Waals surface area contributed by atoms with Gasteiger partial charge in [-0.15, -0.1) is 0 Å². The van der Waals surface area contributed by atoms with E-state index < -0.39 is 11.7 Å². The Kier molecular flexibility index (Phi) is 2.93. The number of hydrogen-bond donors (Lipinski definition) is 0. The van der Waals surface area contributed by atoms with Crippen LogP contribution in [0.25, 0.3) is 0 Å². The van der Waals surface area contributed by atoms with Gasteiger partial charge in [0.2, 0.25) is 0 Å². The summed E-state index contributed by atoms with van der Waals surface area (Å²) in [5.74, 6) is 0.120. The Labute approximate surface area is 97.6 Å². The second-order valence-corrected chi connectivity index (χ2v) is 4.25. The second kappa shape index (κ2) is 4.13. The molecule has 0 saturated heterocycles. The fraction of sp³-hybridized carbons (Fsp3) is 0.500. The summed E-state index contributed by atoms with van der Waals surface area (Å²) in [4.78, 5) is 0. The molecule has 17 heavy (non-hydrogen) atoms. The third-order valence-electron chi connectivity index (χ3n) is 3.16. The molecule has 1 aromatic rings. The molecule has 5 heteroatoms. The number of benzene rings is 1. The van der Waals surface area contributed by atoms with Crippen molar-refractivity contribution in [3.05, 3.63) is 29.3 Å². The van der Waals surface area contributed by atoms with Crippen molar-refractivity contribution in [1.29, 1.82) is 0 Å². The van der Waals surface area contributed by atoms with Gasteiger partial charge in [0.1, 0.15) is 0 Å². The van der Waals surface area contributed by atoms with Crippen LogP contribution in [0.2, 0.25) is 0 Å². The maximum atomic E-state index is 12.5. The number of nitrogens with zero attached hydrogens (tertiary/aromatic N) is 2. The predicted molar refractivity (Wildman–Crippen MR) is 58.5 cm³/mol. The fourth-order valence-electron chi connectivity index (χ4n) is 2.07. The quantitative estimate of drug-likeness (QED) is 0.682. The van der Waals surface area contributed by atoms with E-state index in [1.54, 1.807) is 0 Å². The number of azo groups is 1. The van der Waals surface area contributed by atoms with E-state index in [0.717, 1.165) is 24.1 Å². The largest absolute Gasteiger partial charge is 0.416 e. The molecule has 0 aromatic heterocycles. The molecule has 2 rings (SSSR count). The summed E-state index contributed by atoms with van der Waals surface area (Å²) in [6, 6.07) is 3.77. The number of halogens is 3. The summed E-state index contributed by atoms with van der Waals surface area (Å²) in [5.41, 5.74) is 0.522. The predicted octanol–water partition coefficient (Wildman–Crippen LogP) is 4.68. The Morgan fingerprint density at radius 2 is 2.00 bits per heavy atom. The molecule has 1 aliphatic rings. The van der Waals surface area contributed by atoms with Crippen molar-refractivity contribution in [2.45, 2.75) is 38.4 Å². The molecule has 1 heterocycles. The highest BCUT2D eigenvalue weighted by Crippen LogP contribution is 2.40. The normalized spacial score (nSPS) is 23.6. The first-order valence-corrected chi connectivity index (χ1v) is 5.55. The highest BCUT2D eigenvalue weighted by Gasteiger charge is 2.32. The van der Waals surface area contributed by atoms with Gasteiger partial charge in [-0.1, -0.05) is 19.9 Å². The Morgan fingerprint density at radius 1 is 1.29 bits per heavy atom. The van der Waals surface area contributed by atoms with Gasteiger partial charge in [-0.25, -0.2) is 0 Å². The van der Waals surface area contributed by atoms with Crippen molar-refractivity contribution >= 4 is 5.69 Å². The van der Waals surface area contributed by atoms with Crippen LogP contribution in [0.5, 0.6) is 0 Å². The number of rotatable bonds is 1. The molecule has 2 atom stereocenters. The fourth-order valence-corrected chi connectivity index (χ4v) is 2.07. The summed E-state index contributed by atoms with van der Waals surface area (Å²) >= 11 is 0. The van der Waals surface area contributed by atoms with Crippen LogP contribution in [-0.2, 0) is 6.18 Å². The van der Waals surface area contributed by atoms with Gasteiger partial charge in [0, 0.05) is 5.92 Å². The minimum atomic E-state index is -4.32. The smallest absolute Gasteiger partial charge is 0.185 e. The maximum Gasteiger partial charge on any atom is 0.416 e. The lowest BCUT2D eigenvalue weighted by Crippen LogP contribution is -2.16. The Hall–Kier alpha value is -1.39. The molecular weight excluding hydrogens is 229 g/mol. The Balaban J connectivity index is 2.43. The van der Waals surface area contributed by atoms with Gasteiger partial charge in [0.25, 0.3) is 0 Å². The van der Waals surface area contributed by atoms with Crippen LogP contribution in [0, 0.1) is 0 Å². The molecule has 2 unspecified atom stereocenters. The lowest BCUT2D eigenvalue weighted by Gasteiger charge is -2.24. The van der Waals surface area contributed by atoms with Crippen molar-refractivity contribution in [3.8, 4) is 0 Å². The summed E-state index contributed by atoms with van der Waals surface area (Å²) in [7, 11) is 0. The van der Waals surface area contributed by atoms with Crippen LogP contribution in [0.4, 0.5) is 18.9 Å². The third-order valence-corrected chi connectivity index (χ3v) is 3.16. The first-order chi connectivity index (χ1) is 7.93. The minimum Gasteiger partial charge on any atom is -0.185 e. The standard InChI is InChI=1S/C12H13F3N2/c1-3-10-7(2)9-5-4-8(12(13,14)15)6-11(9)17-16-10/h4-7,10H,3H2,1-2H3. The molecular formula is C12H13F3N2. The molecule has 0 radical (unpaired) electrons. The molecule has 0 spiro atoms. The molecule has 1 aromatic carbocycles. The van der Waals surface area contributed by atoms with E-state index >= 15 is 0 Å². The van der Waals surface area contributed by atoms with Crippen molar-refractivity contribution in [3.63, 3.8) is 0 Å². The van der Waals surface area contributed by atoms with Gasteiger partial charge in [0.05, 0.1) is 17.3 Å². The van der Waals surface area contributed by atoms with Crippen LogP contribution in [0.1, 0.15) is 37.3 Å². The monoisotopic (exact) mass is 242 g/mol. The van der Waals surface area contributed by atoms with Gasteiger partial charge in [-0.05, 0) is 24.1 Å². The molecule has 2 nitrogen and oxygen atoms in total. The average molecular weight is 242 g/mol. The van der Waals surface area contributed by atoms with E-state index in [9.17, 15) is 13.2 Å². The van der Waals surface area contributed by atoms with Crippen molar-refractivity contribution < 1.29 is 13.2 Å². The van der Waals surface area contributed by atoms with Crippen LogP contribution < -0.4 is 0 Å². The summed E-state index contributed by atoms with van der Waals surface area (Å²) in [6.07, 6.45) is -3.49. The summed E-state index contributed by atoms with van der Waals surface area (Å²) in [5, 5.41) is 7.95. The van der Waals surface area contributed by atoms with Gasteiger partial charge in [-0.2, -0.15) is 23.4 Å². The van der Waals surface area contributed by atoms with Crippen LogP contribution in [0.15, 0.2) is 28.4 Å². The third kappa shape index (κ3) is 2.18. The molecule has 92 valence electrons. The highest BCUT2D eigenvalue weighted by atomic mass is 19.4. The molecule has 0 amide bonds. The zero-order chi connectivity index (χ0) is 12.6. The van der Waals surface area contributed by atoms with Crippen LogP contribution >= 0.6 is 0 Å². The highest BCUT2D eigenvalue weighted by molar-refractivity contribution is 5.52. The van der Waals surface area contributed by atoms with Gasteiger partial charge < -0.3 is 0 Å². The van der Waals surface area contributed by atoms with E-state index in [1.807, 2.05) is 13.8 Å². The van der Waals surface area contributed by atoms with Crippen LogP contribution in [0.3, 0.4) is 0 Å². The summed E-state index contributed by atoms with van der Waals surface area (Å²) < 4.78 is 37.6. The molecule has 0 bridgehead atoms. The van der Waals surface area contributed by atoms with Crippen molar-refractivity contribution in [2.75, 3.05) is 0 Å². The average Bonchev–Trinajstić information content (AvgIpc) is 2.28. The van der Waals surface area contributed by atoms with Gasteiger partial charge in [0.15, 0.2) is 0 Å². The summed E-state index contributed by atoms with van der Waals surface area (Å²) in [6.45, 7) is 3.97. The number of fused-ring (bicyclic) bond motifs is 1. The van der Waals surface area contributed by atoms with Crippen molar-refractivity contribution in [2.24, 2.45) is 10.2 Å². The van der Waals surface area contributed by atoms with E-state index in [2.05, 4.69) is 10.2 Å². The van der Waals surface area contributed by atoms with E-state index in [4.69, 9.17) is 0 Å². The molecule has 1 aliphatic heterocycles. The topological polar surface area (TPSA) is 24.7 Å². The van der Waals surface area contributed by atoms with Gasteiger partial charge in [-0.3, -0.25) is 0 Å². The first-order valence-electron chi connectivity index (χ1n) is 5.55. The molecule has 0 fully saturated rings. The first kappa shape index (κ1) is 12.1. The maximum absolute atomic E-state index is 12.5. The van der Waals surface area contributed by atoms with E-state index in [-0.39, 0.29) is 12.0 Å². The lowest BCUT2D eigenvalue weighted by atomic mass is 9.89. The number of alkyl halides is 3. The SMILES string of the molecule is CCC1N=Nc2cc(C(F)(F)F)ccc2C1C. The van der Waals surface area contributed by atoms with Crippen molar-refractivity contribution in [1.82, 2.24) is 0 Å².